The SMILES string of the molecule is C=CC(=O)Nc1cc(Oc2nc(Nc3ccc(N4CCN(C(C)=O)CC4)cc3OC)ccc2N2CCCCC2)ccc1C. The van der Waals surface area contributed by atoms with Crippen LogP contribution in [-0.4, -0.2) is 68.1 Å². The van der Waals surface area contributed by atoms with Crippen LogP contribution in [0.5, 0.6) is 17.4 Å². The first kappa shape index (κ1) is 29.8. The Morgan fingerprint density at radius 2 is 1.67 bits per heavy atom. The lowest BCUT2D eigenvalue weighted by Gasteiger charge is -2.35. The van der Waals surface area contributed by atoms with E-state index in [0.29, 0.717) is 42.0 Å². The van der Waals surface area contributed by atoms with Crippen molar-refractivity contribution in [2.45, 2.75) is 33.1 Å². The summed E-state index contributed by atoms with van der Waals surface area (Å²) in [7, 11) is 1.65. The zero-order chi connectivity index (χ0) is 30.3. The van der Waals surface area contributed by atoms with E-state index in [1.165, 1.54) is 12.5 Å². The molecule has 2 saturated heterocycles. The van der Waals surface area contributed by atoms with Gasteiger partial charge in [0.25, 0.3) is 0 Å². The number of rotatable bonds is 9. The molecule has 2 aliphatic rings. The number of methoxy groups -OCH3 is 1. The number of anilines is 5. The molecule has 2 amide bonds. The number of benzene rings is 2. The summed E-state index contributed by atoms with van der Waals surface area (Å²) >= 11 is 0. The van der Waals surface area contributed by atoms with Gasteiger partial charge in [-0.3, -0.25) is 9.59 Å². The summed E-state index contributed by atoms with van der Waals surface area (Å²) < 4.78 is 12.2. The molecule has 10 nitrogen and oxygen atoms in total. The van der Waals surface area contributed by atoms with Crippen LogP contribution in [0.4, 0.5) is 28.6 Å². The number of ether oxygens (including phenoxy) is 2. The third kappa shape index (κ3) is 7.20. The van der Waals surface area contributed by atoms with E-state index in [-0.39, 0.29) is 11.8 Å². The molecule has 3 heterocycles. The maximum Gasteiger partial charge on any atom is 0.247 e. The van der Waals surface area contributed by atoms with Crippen LogP contribution >= 0.6 is 0 Å². The van der Waals surface area contributed by atoms with Crippen LogP contribution in [-0.2, 0) is 9.59 Å². The van der Waals surface area contributed by atoms with E-state index in [4.69, 9.17) is 14.5 Å². The minimum absolute atomic E-state index is 0.112. The van der Waals surface area contributed by atoms with Crippen molar-refractivity contribution in [1.82, 2.24) is 9.88 Å². The molecule has 0 radical (unpaired) electrons. The van der Waals surface area contributed by atoms with Gasteiger partial charge in [0.2, 0.25) is 17.7 Å². The average molecular weight is 585 g/mol. The Balaban J connectivity index is 1.40. The van der Waals surface area contributed by atoms with E-state index >= 15 is 0 Å². The van der Waals surface area contributed by atoms with Gasteiger partial charge >= 0.3 is 0 Å². The zero-order valence-corrected chi connectivity index (χ0v) is 25.2. The van der Waals surface area contributed by atoms with Gasteiger partial charge in [-0.25, -0.2) is 0 Å². The fourth-order valence-electron chi connectivity index (χ4n) is 5.45. The number of carbonyl (C=O) groups is 2. The van der Waals surface area contributed by atoms with Crippen LogP contribution in [0.25, 0.3) is 0 Å². The summed E-state index contributed by atoms with van der Waals surface area (Å²) in [4.78, 5) is 35.0. The summed E-state index contributed by atoms with van der Waals surface area (Å²) in [6.07, 6.45) is 4.70. The van der Waals surface area contributed by atoms with Crippen molar-refractivity contribution in [3.05, 3.63) is 66.7 Å². The lowest BCUT2D eigenvalue weighted by molar-refractivity contribution is -0.129. The third-order valence-corrected chi connectivity index (χ3v) is 7.94. The Morgan fingerprint density at radius 3 is 2.37 bits per heavy atom. The van der Waals surface area contributed by atoms with Gasteiger partial charge < -0.3 is 34.8 Å². The van der Waals surface area contributed by atoms with Gasteiger partial charge in [0.05, 0.1) is 12.8 Å². The van der Waals surface area contributed by atoms with E-state index in [1.54, 1.807) is 20.1 Å². The van der Waals surface area contributed by atoms with Crippen LogP contribution < -0.4 is 29.9 Å². The summed E-state index contributed by atoms with van der Waals surface area (Å²) in [6.45, 7) is 11.9. The van der Waals surface area contributed by atoms with E-state index in [9.17, 15) is 9.59 Å². The number of piperidine rings is 1. The number of piperazine rings is 1. The average Bonchev–Trinajstić information content (AvgIpc) is 3.03. The molecular formula is C33H40N6O4. The second kappa shape index (κ2) is 13.5. The number of aryl methyl sites for hydroxylation is 1. The van der Waals surface area contributed by atoms with Gasteiger partial charge in [-0.15, -0.1) is 0 Å². The number of amides is 2. The van der Waals surface area contributed by atoms with E-state index in [1.807, 2.05) is 48.2 Å². The van der Waals surface area contributed by atoms with E-state index in [0.717, 1.165) is 61.6 Å². The molecule has 0 bridgehead atoms. The zero-order valence-electron chi connectivity index (χ0n) is 25.2. The maximum absolute atomic E-state index is 12.0. The van der Waals surface area contributed by atoms with Crippen LogP contribution in [0.1, 0.15) is 31.7 Å². The lowest BCUT2D eigenvalue weighted by Crippen LogP contribution is -2.48. The first-order valence-corrected chi connectivity index (χ1v) is 14.8. The first-order valence-electron chi connectivity index (χ1n) is 14.8. The predicted molar refractivity (Wildman–Crippen MR) is 171 cm³/mol. The van der Waals surface area contributed by atoms with Crippen molar-refractivity contribution >= 4 is 40.4 Å². The molecule has 1 aromatic heterocycles. The summed E-state index contributed by atoms with van der Waals surface area (Å²) in [5.74, 6) is 2.19. The molecule has 2 fully saturated rings. The molecule has 2 aliphatic heterocycles. The van der Waals surface area contributed by atoms with Crippen molar-refractivity contribution in [3.8, 4) is 17.4 Å². The van der Waals surface area contributed by atoms with Crippen molar-refractivity contribution in [2.75, 3.05) is 66.8 Å². The second-order valence-electron chi connectivity index (χ2n) is 10.8. The Labute approximate surface area is 253 Å². The fourth-order valence-corrected chi connectivity index (χ4v) is 5.45. The van der Waals surface area contributed by atoms with Crippen LogP contribution in [0, 0.1) is 6.92 Å². The Hall–Kier alpha value is -4.73. The van der Waals surface area contributed by atoms with Crippen molar-refractivity contribution in [2.24, 2.45) is 0 Å². The van der Waals surface area contributed by atoms with Crippen molar-refractivity contribution in [1.29, 1.82) is 0 Å². The first-order chi connectivity index (χ1) is 20.8. The van der Waals surface area contributed by atoms with Gasteiger partial charge in [0.1, 0.15) is 23.0 Å². The highest BCUT2D eigenvalue weighted by atomic mass is 16.5. The molecule has 0 spiro atoms. The quantitative estimate of drug-likeness (QED) is 0.308. The number of hydrogen-bond acceptors (Lipinski definition) is 8. The van der Waals surface area contributed by atoms with Gasteiger partial charge in [-0.2, -0.15) is 4.98 Å². The van der Waals surface area contributed by atoms with Gasteiger partial charge in [-0.1, -0.05) is 12.6 Å². The monoisotopic (exact) mass is 584 g/mol. The number of aromatic nitrogens is 1. The minimum Gasteiger partial charge on any atom is -0.494 e. The maximum atomic E-state index is 12.0. The molecule has 2 N–H and O–H groups in total. The minimum atomic E-state index is -0.281. The van der Waals surface area contributed by atoms with Gasteiger partial charge in [0, 0.05) is 69.7 Å². The highest BCUT2D eigenvalue weighted by Crippen LogP contribution is 2.37. The molecule has 5 rings (SSSR count). The summed E-state index contributed by atoms with van der Waals surface area (Å²) in [5.41, 5.74) is 4.32. The Kier molecular flexibility index (Phi) is 9.34. The topological polar surface area (TPSA) is 99.3 Å². The largest absolute Gasteiger partial charge is 0.494 e. The highest BCUT2D eigenvalue weighted by molar-refractivity contribution is 5.99. The second-order valence-corrected chi connectivity index (χ2v) is 10.8. The van der Waals surface area contributed by atoms with Gasteiger partial charge in [-0.05, 0) is 68.2 Å². The number of pyridine rings is 1. The van der Waals surface area contributed by atoms with Crippen molar-refractivity contribution in [3.63, 3.8) is 0 Å². The molecule has 10 heteroatoms. The standard InChI is InChI=1S/C33H40N6O4/c1-5-32(41)35-28-22-26(11-9-23(28)2)43-33-29(39-15-7-6-8-16-39)13-14-31(36-33)34-27-12-10-25(21-30(27)42-4)38-19-17-37(18-20-38)24(3)40/h5,9-14,21-22H,1,6-8,15-20H2,2-4H3,(H,34,36)(H,35,41). The molecule has 226 valence electrons. The molecule has 3 aromatic rings. The smallest absolute Gasteiger partial charge is 0.247 e. The number of nitrogens with one attached hydrogen (secondary N) is 2. The molecule has 43 heavy (non-hydrogen) atoms. The molecule has 2 aromatic carbocycles. The third-order valence-electron chi connectivity index (χ3n) is 7.94. The van der Waals surface area contributed by atoms with E-state index in [2.05, 4.69) is 33.1 Å². The van der Waals surface area contributed by atoms with Crippen LogP contribution in [0.15, 0.2) is 61.2 Å². The summed E-state index contributed by atoms with van der Waals surface area (Å²) in [5, 5.41) is 6.25. The van der Waals surface area contributed by atoms with Gasteiger partial charge in [0.15, 0.2) is 0 Å². The number of carbonyl (C=O) groups excluding carboxylic acids is 2. The highest BCUT2D eigenvalue weighted by Gasteiger charge is 2.21. The lowest BCUT2D eigenvalue weighted by atomic mass is 10.1. The predicted octanol–water partition coefficient (Wildman–Crippen LogP) is 5.72. The number of hydrogen-bond donors (Lipinski definition) is 2. The molecule has 0 atom stereocenters. The molecule has 0 unspecified atom stereocenters. The molecular weight excluding hydrogens is 544 g/mol. The van der Waals surface area contributed by atoms with Crippen LogP contribution in [0.3, 0.4) is 0 Å². The normalized spacial score (nSPS) is 15.1. The Morgan fingerprint density at radius 1 is 0.907 bits per heavy atom. The molecule has 0 aliphatic carbocycles. The fraction of sp³-hybridized carbons (Fsp3) is 0.364. The Bertz CT molecular complexity index is 1480. The van der Waals surface area contributed by atoms with Crippen molar-refractivity contribution < 1.29 is 19.1 Å². The number of nitrogens with zero attached hydrogens (tertiary/aromatic N) is 4. The van der Waals surface area contributed by atoms with Crippen LogP contribution in [0.2, 0.25) is 0 Å². The van der Waals surface area contributed by atoms with E-state index < -0.39 is 0 Å². The molecule has 0 saturated carbocycles. The summed E-state index contributed by atoms with van der Waals surface area (Å²) in [6, 6.07) is 15.6.